The van der Waals surface area contributed by atoms with E-state index in [1.165, 1.54) is 11.1 Å². The Morgan fingerprint density at radius 2 is 1.87 bits per heavy atom. The van der Waals surface area contributed by atoms with Crippen LogP contribution < -0.4 is 10.1 Å². The van der Waals surface area contributed by atoms with Crippen LogP contribution in [0, 0.1) is 5.92 Å². The maximum atomic E-state index is 10.4. The van der Waals surface area contributed by atoms with Crippen molar-refractivity contribution < 1.29 is 9.84 Å². The minimum atomic E-state index is -0.400. The molecule has 3 unspecified atom stereocenters. The summed E-state index contributed by atoms with van der Waals surface area (Å²) < 4.78 is 5.33. The van der Waals surface area contributed by atoms with Gasteiger partial charge >= 0.3 is 0 Å². The smallest absolute Gasteiger partial charge is 0.119 e. The van der Waals surface area contributed by atoms with Gasteiger partial charge in [-0.1, -0.05) is 43.3 Å². The summed E-state index contributed by atoms with van der Waals surface area (Å²) in [7, 11) is 1.68. The highest BCUT2D eigenvalue weighted by atomic mass is 16.5. The predicted octanol–water partition coefficient (Wildman–Crippen LogP) is 3.64. The zero-order valence-electron chi connectivity index (χ0n) is 13.8. The number of methoxy groups -OCH3 is 1. The van der Waals surface area contributed by atoms with Crippen LogP contribution in [0.5, 0.6) is 5.75 Å². The molecular formula is C20H25NO2. The number of nitrogens with one attached hydrogen (secondary N) is 1. The van der Waals surface area contributed by atoms with Crippen molar-refractivity contribution in [3.05, 3.63) is 65.2 Å². The molecule has 0 saturated carbocycles. The SMILES string of the molecule is COc1ccc2c(c1)C(NCCCc1ccccc1)C(C)C2O. The Kier molecular flexibility index (Phi) is 4.99. The molecule has 0 aliphatic heterocycles. The van der Waals surface area contributed by atoms with Gasteiger partial charge in [-0.2, -0.15) is 0 Å². The van der Waals surface area contributed by atoms with E-state index in [0.717, 1.165) is 30.7 Å². The average molecular weight is 311 g/mol. The van der Waals surface area contributed by atoms with E-state index in [-0.39, 0.29) is 12.0 Å². The average Bonchev–Trinajstić information content (AvgIpc) is 2.83. The molecule has 2 N–H and O–H groups in total. The van der Waals surface area contributed by atoms with E-state index in [1.54, 1.807) is 7.11 Å². The molecule has 0 aromatic heterocycles. The highest BCUT2D eigenvalue weighted by Crippen LogP contribution is 2.44. The summed E-state index contributed by atoms with van der Waals surface area (Å²) in [6.07, 6.45) is 1.76. The van der Waals surface area contributed by atoms with Gasteiger partial charge in [-0.3, -0.25) is 0 Å². The highest BCUT2D eigenvalue weighted by Gasteiger charge is 2.36. The van der Waals surface area contributed by atoms with Crippen LogP contribution in [-0.2, 0) is 6.42 Å². The summed E-state index contributed by atoms with van der Waals surface area (Å²) in [4.78, 5) is 0. The number of fused-ring (bicyclic) bond motifs is 1. The molecule has 3 atom stereocenters. The zero-order valence-corrected chi connectivity index (χ0v) is 13.8. The number of aryl methyl sites for hydroxylation is 1. The van der Waals surface area contributed by atoms with Crippen molar-refractivity contribution in [2.24, 2.45) is 5.92 Å². The van der Waals surface area contributed by atoms with Crippen molar-refractivity contribution in [1.29, 1.82) is 0 Å². The third kappa shape index (κ3) is 3.41. The van der Waals surface area contributed by atoms with Gasteiger partial charge in [0.2, 0.25) is 0 Å². The summed E-state index contributed by atoms with van der Waals surface area (Å²) in [5.41, 5.74) is 3.57. The van der Waals surface area contributed by atoms with Crippen LogP contribution in [0.15, 0.2) is 48.5 Å². The van der Waals surface area contributed by atoms with Crippen molar-refractivity contribution in [1.82, 2.24) is 5.32 Å². The normalized spacial score (nSPS) is 22.8. The Hall–Kier alpha value is -1.84. The molecule has 0 amide bonds. The van der Waals surface area contributed by atoms with Gasteiger partial charge in [0.25, 0.3) is 0 Å². The molecule has 0 bridgehead atoms. The van der Waals surface area contributed by atoms with Gasteiger partial charge in [-0.25, -0.2) is 0 Å². The minimum absolute atomic E-state index is 0.175. The lowest BCUT2D eigenvalue weighted by Crippen LogP contribution is -2.26. The largest absolute Gasteiger partial charge is 0.497 e. The summed E-state index contributed by atoms with van der Waals surface area (Å²) in [6, 6.07) is 16.7. The quantitative estimate of drug-likeness (QED) is 0.800. The van der Waals surface area contributed by atoms with E-state index < -0.39 is 6.10 Å². The van der Waals surface area contributed by atoms with Gasteiger partial charge in [-0.05, 0) is 48.2 Å². The summed E-state index contributed by atoms with van der Waals surface area (Å²) >= 11 is 0. The molecule has 0 heterocycles. The van der Waals surface area contributed by atoms with Crippen molar-refractivity contribution in [3.63, 3.8) is 0 Å². The van der Waals surface area contributed by atoms with Crippen molar-refractivity contribution in [2.45, 2.75) is 31.9 Å². The fourth-order valence-electron chi connectivity index (χ4n) is 3.46. The van der Waals surface area contributed by atoms with Crippen molar-refractivity contribution in [2.75, 3.05) is 13.7 Å². The molecule has 23 heavy (non-hydrogen) atoms. The molecule has 0 saturated heterocycles. The second-order valence-electron chi connectivity index (χ2n) is 6.32. The van der Waals surface area contributed by atoms with Gasteiger partial charge in [0.05, 0.1) is 13.2 Å². The van der Waals surface area contributed by atoms with Crippen LogP contribution >= 0.6 is 0 Å². The Morgan fingerprint density at radius 3 is 2.61 bits per heavy atom. The molecule has 3 rings (SSSR count). The summed E-state index contributed by atoms with van der Waals surface area (Å²) in [6.45, 7) is 3.04. The summed E-state index contributed by atoms with van der Waals surface area (Å²) in [5.74, 6) is 1.02. The third-order valence-corrected chi connectivity index (χ3v) is 4.82. The highest BCUT2D eigenvalue weighted by molar-refractivity contribution is 5.43. The first kappa shape index (κ1) is 16.0. The van der Waals surface area contributed by atoms with Gasteiger partial charge in [0, 0.05) is 12.0 Å². The topological polar surface area (TPSA) is 41.5 Å². The molecule has 0 spiro atoms. The lowest BCUT2D eigenvalue weighted by atomic mass is 10.0. The number of hydrogen-bond acceptors (Lipinski definition) is 3. The van der Waals surface area contributed by atoms with E-state index in [2.05, 4.69) is 42.6 Å². The first-order chi connectivity index (χ1) is 11.2. The number of hydrogen-bond donors (Lipinski definition) is 2. The standard InChI is InChI=1S/C20H25NO2/c1-14-19(21-12-6-9-15-7-4-3-5-8-15)18-13-16(23-2)10-11-17(18)20(14)22/h3-5,7-8,10-11,13-14,19-22H,6,9,12H2,1-2H3. The van der Waals surface area contributed by atoms with Gasteiger partial charge < -0.3 is 15.2 Å². The first-order valence-corrected chi connectivity index (χ1v) is 8.34. The molecular weight excluding hydrogens is 286 g/mol. The maximum absolute atomic E-state index is 10.4. The first-order valence-electron chi connectivity index (χ1n) is 8.34. The van der Waals surface area contributed by atoms with Crippen LogP contribution in [0.25, 0.3) is 0 Å². The number of rotatable bonds is 6. The number of aliphatic hydroxyl groups excluding tert-OH is 1. The minimum Gasteiger partial charge on any atom is -0.497 e. The van der Waals surface area contributed by atoms with E-state index in [9.17, 15) is 5.11 Å². The van der Waals surface area contributed by atoms with Crippen molar-refractivity contribution in [3.8, 4) is 5.75 Å². The van der Waals surface area contributed by atoms with Crippen LogP contribution in [0.4, 0.5) is 0 Å². The number of aliphatic hydroxyl groups is 1. The van der Waals surface area contributed by atoms with Crippen LogP contribution in [0.3, 0.4) is 0 Å². The van der Waals surface area contributed by atoms with Crippen LogP contribution in [-0.4, -0.2) is 18.8 Å². The second kappa shape index (κ2) is 7.16. The van der Waals surface area contributed by atoms with E-state index in [4.69, 9.17) is 4.74 Å². The molecule has 3 heteroatoms. The number of benzene rings is 2. The molecule has 0 fully saturated rings. The molecule has 122 valence electrons. The maximum Gasteiger partial charge on any atom is 0.119 e. The molecule has 1 aliphatic rings. The fourth-order valence-corrected chi connectivity index (χ4v) is 3.46. The van der Waals surface area contributed by atoms with E-state index in [1.807, 2.05) is 18.2 Å². The third-order valence-electron chi connectivity index (χ3n) is 4.82. The predicted molar refractivity (Wildman–Crippen MR) is 92.6 cm³/mol. The second-order valence-corrected chi connectivity index (χ2v) is 6.32. The molecule has 2 aromatic rings. The van der Waals surface area contributed by atoms with Gasteiger partial charge in [0.15, 0.2) is 0 Å². The summed E-state index contributed by atoms with van der Waals surface area (Å²) in [5, 5.41) is 14.1. The van der Waals surface area contributed by atoms with E-state index >= 15 is 0 Å². The number of ether oxygens (including phenoxy) is 1. The Balaban J connectivity index is 1.62. The zero-order chi connectivity index (χ0) is 16.2. The molecule has 2 aromatic carbocycles. The Bertz CT molecular complexity index is 641. The van der Waals surface area contributed by atoms with Crippen LogP contribution in [0.2, 0.25) is 0 Å². The lowest BCUT2D eigenvalue weighted by Gasteiger charge is -2.20. The van der Waals surface area contributed by atoms with Gasteiger partial charge in [-0.15, -0.1) is 0 Å². The molecule has 0 radical (unpaired) electrons. The van der Waals surface area contributed by atoms with Crippen LogP contribution in [0.1, 0.15) is 42.2 Å². The Labute approximate surface area is 138 Å². The van der Waals surface area contributed by atoms with Crippen molar-refractivity contribution >= 4 is 0 Å². The molecule has 3 nitrogen and oxygen atoms in total. The monoisotopic (exact) mass is 311 g/mol. The Morgan fingerprint density at radius 1 is 1.09 bits per heavy atom. The van der Waals surface area contributed by atoms with Gasteiger partial charge in [0.1, 0.15) is 5.75 Å². The lowest BCUT2D eigenvalue weighted by molar-refractivity contribution is 0.114. The fraction of sp³-hybridized carbons (Fsp3) is 0.400. The molecule has 1 aliphatic carbocycles. The van der Waals surface area contributed by atoms with E-state index in [0.29, 0.717) is 0 Å².